The summed E-state index contributed by atoms with van der Waals surface area (Å²) in [5.41, 5.74) is 1.21. The molecule has 1 N–H and O–H groups in total. The van der Waals surface area contributed by atoms with Gasteiger partial charge in [-0.2, -0.15) is 0 Å². The molecule has 19 heavy (non-hydrogen) atoms. The number of anilines is 1. The molecule has 2 heterocycles. The van der Waals surface area contributed by atoms with E-state index in [1.807, 2.05) is 24.2 Å². The summed E-state index contributed by atoms with van der Waals surface area (Å²) in [6.45, 7) is 5.90. The van der Waals surface area contributed by atoms with Crippen LogP contribution in [0.15, 0.2) is 18.3 Å². The van der Waals surface area contributed by atoms with Gasteiger partial charge in [0.1, 0.15) is 5.82 Å². The molecule has 1 aliphatic rings. The van der Waals surface area contributed by atoms with Crippen molar-refractivity contribution in [3.05, 3.63) is 23.9 Å². The van der Waals surface area contributed by atoms with Crippen molar-refractivity contribution >= 4 is 11.7 Å². The van der Waals surface area contributed by atoms with Crippen molar-refractivity contribution in [3.63, 3.8) is 0 Å². The highest BCUT2D eigenvalue weighted by Crippen LogP contribution is 2.18. The lowest BCUT2D eigenvalue weighted by molar-refractivity contribution is -0.128. The molecule has 1 saturated heterocycles. The molecule has 0 spiro atoms. The van der Waals surface area contributed by atoms with E-state index >= 15 is 0 Å². The zero-order valence-electron chi connectivity index (χ0n) is 11.7. The Labute approximate surface area is 114 Å². The van der Waals surface area contributed by atoms with E-state index in [0.717, 1.165) is 45.0 Å². The van der Waals surface area contributed by atoms with Crippen LogP contribution in [0.4, 0.5) is 5.82 Å². The fourth-order valence-electron chi connectivity index (χ4n) is 2.49. The van der Waals surface area contributed by atoms with E-state index in [1.165, 1.54) is 5.56 Å². The molecule has 0 atom stereocenters. The van der Waals surface area contributed by atoms with E-state index in [0.29, 0.717) is 0 Å². The van der Waals surface area contributed by atoms with Gasteiger partial charge >= 0.3 is 0 Å². The number of carbonyl (C=O) groups is 1. The van der Waals surface area contributed by atoms with Crippen LogP contribution in [0.3, 0.4) is 0 Å². The zero-order valence-corrected chi connectivity index (χ0v) is 11.7. The number of rotatable bonds is 3. The summed E-state index contributed by atoms with van der Waals surface area (Å²) in [4.78, 5) is 20.2. The average Bonchev–Trinajstić information content (AvgIpc) is 2.65. The molecule has 0 saturated carbocycles. The maximum absolute atomic E-state index is 11.4. The highest BCUT2D eigenvalue weighted by molar-refractivity contribution is 5.73. The lowest BCUT2D eigenvalue weighted by Gasteiger charge is -2.24. The Bertz CT molecular complexity index is 435. The minimum Gasteiger partial charge on any atom is -0.355 e. The predicted molar refractivity (Wildman–Crippen MR) is 76.1 cm³/mol. The second-order valence-electron chi connectivity index (χ2n) is 4.86. The first-order valence-electron chi connectivity index (χ1n) is 6.81. The lowest BCUT2D eigenvalue weighted by atomic mass is 10.2. The van der Waals surface area contributed by atoms with Crippen LogP contribution in [-0.2, 0) is 11.3 Å². The Balaban J connectivity index is 2.11. The molecular weight excluding hydrogens is 240 g/mol. The van der Waals surface area contributed by atoms with Crippen LogP contribution in [0.25, 0.3) is 0 Å². The van der Waals surface area contributed by atoms with Gasteiger partial charge in [-0.1, -0.05) is 6.07 Å². The Hall–Kier alpha value is -1.62. The Morgan fingerprint density at radius 2 is 2.21 bits per heavy atom. The Morgan fingerprint density at radius 3 is 2.95 bits per heavy atom. The molecule has 0 radical (unpaired) electrons. The maximum Gasteiger partial charge on any atom is 0.219 e. The van der Waals surface area contributed by atoms with Gasteiger partial charge in [-0.3, -0.25) is 4.79 Å². The zero-order chi connectivity index (χ0) is 13.7. The number of amides is 1. The standard InChI is InChI=1S/C14H22N4O/c1-12(19)17-7-4-8-18(10-9-17)14-13(11-15-2)5-3-6-16-14/h3,5-6,15H,4,7-11H2,1-2H3. The third kappa shape index (κ3) is 3.44. The number of carbonyl (C=O) groups excluding carboxylic acids is 1. The van der Waals surface area contributed by atoms with Crippen LogP contribution in [0.1, 0.15) is 18.9 Å². The molecule has 2 rings (SSSR count). The minimum atomic E-state index is 0.165. The first kappa shape index (κ1) is 13.8. The van der Waals surface area contributed by atoms with Crippen LogP contribution in [0.5, 0.6) is 0 Å². The average molecular weight is 262 g/mol. The third-order valence-corrected chi connectivity index (χ3v) is 3.48. The van der Waals surface area contributed by atoms with Crippen LogP contribution < -0.4 is 10.2 Å². The van der Waals surface area contributed by atoms with E-state index in [4.69, 9.17) is 0 Å². The minimum absolute atomic E-state index is 0.165. The largest absolute Gasteiger partial charge is 0.355 e. The Kier molecular flexibility index (Phi) is 4.74. The molecule has 5 nitrogen and oxygen atoms in total. The van der Waals surface area contributed by atoms with Crippen molar-refractivity contribution in [2.75, 3.05) is 38.1 Å². The third-order valence-electron chi connectivity index (χ3n) is 3.48. The van der Waals surface area contributed by atoms with Crippen molar-refractivity contribution in [3.8, 4) is 0 Å². The monoisotopic (exact) mass is 262 g/mol. The number of nitrogens with one attached hydrogen (secondary N) is 1. The second-order valence-corrected chi connectivity index (χ2v) is 4.86. The van der Waals surface area contributed by atoms with Gasteiger partial charge in [-0.05, 0) is 19.5 Å². The summed E-state index contributed by atoms with van der Waals surface area (Å²) in [6.07, 6.45) is 2.83. The summed E-state index contributed by atoms with van der Waals surface area (Å²) >= 11 is 0. The van der Waals surface area contributed by atoms with Gasteiger partial charge in [-0.15, -0.1) is 0 Å². The van der Waals surface area contributed by atoms with Gasteiger partial charge in [-0.25, -0.2) is 4.98 Å². The molecule has 0 unspecified atom stereocenters. The number of hydrogen-bond acceptors (Lipinski definition) is 4. The van der Waals surface area contributed by atoms with Gasteiger partial charge < -0.3 is 15.1 Å². The van der Waals surface area contributed by atoms with E-state index < -0.39 is 0 Å². The van der Waals surface area contributed by atoms with Gasteiger partial charge in [0.05, 0.1) is 0 Å². The number of hydrogen-bond donors (Lipinski definition) is 1. The molecule has 0 aromatic carbocycles. The highest BCUT2D eigenvalue weighted by Gasteiger charge is 2.18. The smallest absolute Gasteiger partial charge is 0.219 e. The number of nitrogens with zero attached hydrogens (tertiary/aromatic N) is 3. The first-order chi connectivity index (χ1) is 9.22. The first-order valence-corrected chi connectivity index (χ1v) is 6.81. The van der Waals surface area contributed by atoms with Crippen LogP contribution in [0.2, 0.25) is 0 Å². The van der Waals surface area contributed by atoms with Gasteiger partial charge in [0.15, 0.2) is 0 Å². The topological polar surface area (TPSA) is 48.5 Å². The van der Waals surface area contributed by atoms with E-state index in [1.54, 1.807) is 6.92 Å². The summed E-state index contributed by atoms with van der Waals surface area (Å²) in [6, 6.07) is 4.07. The molecule has 5 heteroatoms. The molecular formula is C14H22N4O. The molecule has 1 amide bonds. The Morgan fingerprint density at radius 1 is 1.37 bits per heavy atom. The molecule has 1 aliphatic heterocycles. The predicted octanol–water partition coefficient (Wildman–Crippen LogP) is 0.860. The normalized spacial score (nSPS) is 16.3. The highest BCUT2D eigenvalue weighted by atomic mass is 16.2. The fourth-order valence-corrected chi connectivity index (χ4v) is 2.49. The number of aromatic nitrogens is 1. The van der Waals surface area contributed by atoms with Crippen molar-refractivity contribution in [1.29, 1.82) is 0 Å². The molecule has 0 bridgehead atoms. The quantitative estimate of drug-likeness (QED) is 0.878. The van der Waals surface area contributed by atoms with E-state index in [2.05, 4.69) is 21.3 Å². The fraction of sp³-hybridized carbons (Fsp3) is 0.571. The molecule has 1 aromatic rings. The SMILES string of the molecule is CNCc1cccnc1N1CCCN(C(C)=O)CC1. The van der Waals surface area contributed by atoms with Crippen LogP contribution >= 0.6 is 0 Å². The number of pyridine rings is 1. The van der Waals surface area contributed by atoms with Gasteiger partial charge in [0.25, 0.3) is 0 Å². The van der Waals surface area contributed by atoms with E-state index in [9.17, 15) is 4.79 Å². The van der Waals surface area contributed by atoms with Crippen LogP contribution in [0, 0.1) is 0 Å². The molecule has 1 fully saturated rings. The summed E-state index contributed by atoms with van der Waals surface area (Å²) in [5, 5.41) is 3.17. The maximum atomic E-state index is 11.4. The molecule has 0 aliphatic carbocycles. The lowest BCUT2D eigenvalue weighted by Crippen LogP contribution is -2.34. The summed E-state index contributed by atoms with van der Waals surface area (Å²) in [7, 11) is 1.94. The van der Waals surface area contributed by atoms with Crippen LogP contribution in [-0.4, -0.2) is 49.0 Å². The molecule has 104 valence electrons. The summed E-state index contributed by atoms with van der Waals surface area (Å²) in [5.74, 6) is 1.21. The van der Waals surface area contributed by atoms with Gasteiger partial charge in [0.2, 0.25) is 5.91 Å². The van der Waals surface area contributed by atoms with Crippen molar-refractivity contribution in [1.82, 2.24) is 15.2 Å². The van der Waals surface area contributed by atoms with Gasteiger partial charge in [0, 0.05) is 51.4 Å². The summed E-state index contributed by atoms with van der Waals surface area (Å²) < 4.78 is 0. The molecule has 1 aromatic heterocycles. The van der Waals surface area contributed by atoms with Crippen molar-refractivity contribution in [2.45, 2.75) is 19.9 Å². The second kappa shape index (κ2) is 6.52. The van der Waals surface area contributed by atoms with Crippen molar-refractivity contribution in [2.24, 2.45) is 0 Å². The van der Waals surface area contributed by atoms with E-state index in [-0.39, 0.29) is 5.91 Å². The van der Waals surface area contributed by atoms with Crippen molar-refractivity contribution < 1.29 is 4.79 Å².